The first-order chi connectivity index (χ1) is 14.0. The van der Waals surface area contributed by atoms with Gasteiger partial charge in [0.2, 0.25) is 0 Å². The van der Waals surface area contributed by atoms with Gasteiger partial charge in [-0.1, -0.05) is 20.8 Å². The van der Waals surface area contributed by atoms with Gasteiger partial charge in [-0.05, 0) is 38.9 Å². The van der Waals surface area contributed by atoms with E-state index in [4.69, 9.17) is 27.6 Å². The molecular weight excluding hydrogens is 444 g/mol. The molecule has 0 aromatic heterocycles. The van der Waals surface area contributed by atoms with Crippen LogP contribution < -0.4 is 0 Å². The Morgan fingerprint density at radius 3 is 2.39 bits per heavy atom. The van der Waals surface area contributed by atoms with E-state index in [0.717, 1.165) is 6.26 Å². The summed E-state index contributed by atoms with van der Waals surface area (Å²) in [6.07, 6.45) is -1.20. The Hall–Kier alpha value is -0.823. The summed E-state index contributed by atoms with van der Waals surface area (Å²) in [4.78, 5) is 12.2. The van der Waals surface area contributed by atoms with Gasteiger partial charge in [0.05, 0.1) is 19.5 Å². The maximum absolute atomic E-state index is 12.2. The van der Waals surface area contributed by atoms with Gasteiger partial charge in [0, 0.05) is 11.6 Å². The largest absolute Gasteiger partial charge is 0.463 e. The quantitative estimate of drug-likeness (QED) is 0.224. The number of carbonyl (C=O) groups excluding carboxylic acids is 1. The number of fused-ring (bicyclic) bond motifs is 1. The molecule has 180 valence electrons. The Morgan fingerprint density at radius 2 is 1.87 bits per heavy atom. The highest BCUT2D eigenvalue weighted by atomic mass is 32.2. The molecule has 0 spiro atoms. The molecule has 0 aliphatic carbocycles. The number of rotatable bonds is 8. The highest BCUT2D eigenvalue weighted by Gasteiger charge is 2.54. The molecule has 0 unspecified atom stereocenters. The lowest BCUT2D eigenvalue weighted by atomic mass is 10.0. The van der Waals surface area contributed by atoms with E-state index in [9.17, 15) is 13.2 Å². The van der Waals surface area contributed by atoms with Crippen LogP contribution in [0.3, 0.4) is 0 Å². The first-order valence-electron chi connectivity index (χ1n) is 10.4. The van der Waals surface area contributed by atoms with Crippen LogP contribution in [0.25, 0.3) is 0 Å². The maximum Gasteiger partial charge on any atom is 0.330 e. The van der Waals surface area contributed by atoms with Gasteiger partial charge >= 0.3 is 5.97 Å². The van der Waals surface area contributed by atoms with Gasteiger partial charge in [0.15, 0.2) is 20.4 Å². The van der Waals surface area contributed by atoms with E-state index in [2.05, 4.69) is 33.9 Å². The molecule has 2 heterocycles. The fraction of sp³-hybridized carbons (Fsp3) is 0.850. The van der Waals surface area contributed by atoms with Crippen molar-refractivity contribution in [1.82, 2.24) is 0 Å². The van der Waals surface area contributed by atoms with Crippen molar-refractivity contribution in [2.45, 2.75) is 90.1 Å². The van der Waals surface area contributed by atoms with E-state index >= 15 is 0 Å². The Bertz CT molecular complexity index is 798. The summed E-state index contributed by atoms with van der Waals surface area (Å²) < 4.78 is 58.3. The first kappa shape index (κ1) is 26.4. The van der Waals surface area contributed by atoms with Gasteiger partial charge in [0.1, 0.15) is 18.3 Å². The lowest BCUT2D eigenvalue weighted by Gasteiger charge is -2.37. The molecule has 2 fully saturated rings. The molecule has 0 saturated carbocycles. The Labute approximate surface area is 186 Å². The van der Waals surface area contributed by atoms with Gasteiger partial charge in [-0.25, -0.2) is 4.79 Å². The van der Waals surface area contributed by atoms with E-state index in [1.807, 2.05) is 0 Å². The highest BCUT2D eigenvalue weighted by molar-refractivity contribution is 7.86. The van der Waals surface area contributed by atoms with Crippen molar-refractivity contribution in [2.75, 3.05) is 19.5 Å². The van der Waals surface area contributed by atoms with E-state index in [1.54, 1.807) is 20.8 Å². The second kappa shape index (κ2) is 9.20. The lowest BCUT2D eigenvalue weighted by Crippen LogP contribution is -2.46. The monoisotopic (exact) mass is 480 g/mol. The summed E-state index contributed by atoms with van der Waals surface area (Å²) in [5, 5.41) is -0.0878. The predicted octanol–water partition coefficient (Wildman–Crippen LogP) is 2.72. The van der Waals surface area contributed by atoms with Gasteiger partial charge in [0.25, 0.3) is 10.1 Å². The molecule has 11 heteroatoms. The minimum Gasteiger partial charge on any atom is -0.463 e. The first-order valence-corrected chi connectivity index (χ1v) is 15.1. The van der Waals surface area contributed by atoms with Crippen LogP contribution in [0.4, 0.5) is 0 Å². The minimum absolute atomic E-state index is 0.0305. The molecule has 2 aliphatic heterocycles. The molecule has 0 bridgehead atoms. The predicted molar refractivity (Wildman–Crippen MR) is 116 cm³/mol. The van der Waals surface area contributed by atoms with Crippen LogP contribution in [-0.2, 0) is 42.5 Å². The second-order valence-corrected chi connectivity index (χ2v) is 16.2. The van der Waals surface area contributed by atoms with E-state index in [1.165, 1.54) is 6.08 Å². The number of hydrogen-bond donors (Lipinski definition) is 0. The van der Waals surface area contributed by atoms with Crippen LogP contribution in [0.5, 0.6) is 0 Å². The van der Waals surface area contributed by atoms with Crippen LogP contribution in [0.2, 0.25) is 18.1 Å². The van der Waals surface area contributed by atoms with Crippen LogP contribution in [0, 0.1) is 0 Å². The Morgan fingerprint density at radius 1 is 1.26 bits per heavy atom. The van der Waals surface area contributed by atoms with Gasteiger partial charge in [-0.2, -0.15) is 8.42 Å². The molecular formula is C20H36O9SSi. The summed E-state index contributed by atoms with van der Waals surface area (Å²) in [5.41, 5.74) is 0.404. The van der Waals surface area contributed by atoms with Crippen molar-refractivity contribution in [3.05, 3.63) is 11.6 Å². The molecule has 0 radical (unpaired) electrons. The van der Waals surface area contributed by atoms with E-state index < -0.39 is 54.8 Å². The van der Waals surface area contributed by atoms with Crippen LogP contribution in [-0.4, -0.2) is 72.6 Å². The van der Waals surface area contributed by atoms with E-state index in [-0.39, 0.29) is 18.3 Å². The third-order valence-corrected chi connectivity index (χ3v) is 10.7. The zero-order valence-electron chi connectivity index (χ0n) is 19.9. The van der Waals surface area contributed by atoms with Crippen LogP contribution >= 0.6 is 0 Å². The third-order valence-electron chi connectivity index (χ3n) is 5.62. The molecule has 2 saturated heterocycles. The molecule has 0 N–H and O–H groups in total. The van der Waals surface area contributed by atoms with Crippen molar-refractivity contribution in [3.63, 3.8) is 0 Å². The number of ether oxygens (including phenoxy) is 4. The topological polar surface area (TPSA) is 107 Å². The van der Waals surface area contributed by atoms with Gasteiger partial charge < -0.3 is 23.4 Å². The molecule has 9 nitrogen and oxygen atoms in total. The average molecular weight is 481 g/mol. The third kappa shape index (κ3) is 6.83. The highest BCUT2D eigenvalue weighted by Crippen LogP contribution is 2.43. The Balaban J connectivity index is 2.37. The van der Waals surface area contributed by atoms with Crippen molar-refractivity contribution in [1.29, 1.82) is 0 Å². The molecule has 2 aliphatic rings. The number of hydrogen-bond acceptors (Lipinski definition) is 9. The summed E-state index contributed by atoms with van der Waals surface area (Å²) in [6.45, 7) is 15.7. The SMILES string of the molecule is CCOC(=O)/C=C1\[C@H]2OC(C)(C)O[C@H]2O[C@@H]1[C@@H](CO[Si](C)(C)C(C)(C)C)OS(C)(=O)=O. The van der Waals surface area contributed by atoms with Crippen LogP contribution in [0.1, 0.15) is 41.5 Å². The van der Waals surface area contributed by atoms with Crippen LogP contribution in [0.15, 0.2) is 11.6 Å². The molecule has 2 rings (SSSR count). The molecule has 0 amide bonds. The lowest BCUT2D eigenvalue weighted by molar-refractivity contribution is -0.208. The zero-order valence-corrected chi connectivity index (χ0v) is 21.7. The van der Waals surface area contributed by atoms with Gasteiger partial charge in [-0.3, -0.25) is 4.18 Å². The van der Waals surface area contributed by atoms with Gasteiger partial charge in [-0.15, -0.1) is 0 Å². The normalized spacial score (nSPS) is 28.5. The van der Waals surface area contributed by atoms with E-state index in [0.29, 0.717) is 5.57 Å². The average Bonchev–Trinajstić information content (AvgIpc) is 3.02. The summed E-state index contributed by atoms with van der Waals surface area (Å²) >= 11 is 0. The molecule has 4 atom stereocenters. The second-order valence-electron chi connectivity index (χ2n) is 9.79. The number of esters is 1. The van der Waals surface area contributed by atoms with Crippen molar-refractivity contribution in [2.24, 2.45) is 0 Å². The standard InChI is InChI=1S/C20H36O9SSi/c1-10-24-15(21)11-13-16(26-18-17(13)27-20(5,6)28-18)14(29-30(7,22)23)12-25-31(8,9)19(2,3)4/h11,14,16-18H,10,12H2,1-9H3/b13-11-/t14-,16+,17-,18-/m1/s1. The number of carbonyl (C=O) groups is 1. The zero-order chi connectivity index (χ0) is 23.8. The minimum atomic E-state index is -3.84. The molecule has 0 aromatic carbocycles. The Kier molecular flexibility index (Phi) is 7.84. The van der Waals surface area contributed by atoms with Crippen molar-refractivity contribution < 1.29 is 40.8 Å². The fourth-order valence-electron chi connectivity index (χ4n) is 3.12. The fourth-order valence-corrected chi connectivity index (χ4v) is 4.74. The summed E-state index contributed by atoms with van der Waals surface area (Å²) in [7, 11) is -6.06. The summed E-state index contributed by atoms with van der Waals surface area (Å²) in [6, 6.07) is 0. The molecule has 0 aromatic rings. The van der Waals surface area contributed by atoms with Crippen molar-refractivity contribution >= 4 is 24.4 Å². The van der Waals surface area contributed by atoms with Crippen molar-refractivity contribution in [3.8, 4) is 0 Å². The maximum atomic E-state index is 12.2. The smallest absolute Gasteiger partial charge is 0.330 e. The molecule has 31 heavy (non-hydrogen) atoms. The summed E-state index contributed by atoms with van der Waals surface area (Å²) in [5.74, 6) is -1.50.